The van der Waals surface area contributed by atoms with Crippen LogP contribution in [0, 0.1) is 11.8 Å². The van der Waals surface area contributed by atoms with Crippen molar-refractivity contribution in [3.05, 3.63) is 29.6 Å². The lowest BCUT2D eigenvalue weighted by atomic mass is 9.78. The molecule has 1 heterocycles. The van der Waals surface area contributed by atoms with Gasteiger partial charge in [0.05, 0.1) is 11.1 Å². The Balaban J connectivity index is 2.19. The van der Waals surface area contributed by atoms with E-state index in [1.807, 2.05) is 0 Å². The van der Waals surface area contributed by atoms with E-state index in [9.17, 15) is 4.79 Å². The minimum atomic E-state index is -0.229. The first-order valence-electron chi connectivity index (χ1n) is 6.01. The fourth-order valence-corrected chi connectivity index (χ4v) is 2.00. The molecule has 0 saturated heterocycles. The number of nitrogens with zero attached hydrogens (tertiary/aromatic N) is 1. The minimum absolute atomic E-state index is 0.0813. The number of carbonyl (C=O) groups excluding carboxylic acids is 1. The van der Waals surface area contributed by atoms with Gasteiger partial charge < -0.3 is 10.4 Å². The standard InChI is InChI=1S/C14H16N2O2/c1-14(6-3-7-14)16-13(18)12-5-8-15-10-11(12)4-2-9-17/h5,8,10,17H,3,6-7,9H2,1H3,(H,16,18). The Morgan fingerprint density at radius 3 is 3.00 bits per heavy atom. The molecule has 1 fully saturated rings. The third-order valence-electron chi connectivity index (χ3n) is 3.24. The molecular formula is C14H16N2O2. The van der Waals surface area contributed by atoms with Crippen molar-refractivity contribution >= 4 is 5.91 Å². The average molecular weight is 244 g/mol. The summed E-state index contributed by atoms with van der Waals surface area (Å²) in [7, 11) is 0. The van der Waals surface area contributed by atoms with Crippen molar-refractivity contribution in [2.24, 2.45) is 0 Å². The number of rotatable bonds is 2. The van der Waals surface area contributed by atoms with Crippen LogP contribution in [0.1, 0.15) is 42.1 Å². The molecule has 1 aliphatic rings. The van der Waals surface area contributed by atoms with Gasteiger partial charge in [0.25, 0.3) is 5.91 Å². The molecule has 0 unspecified atom stereocenters. The van der Waals surface area contributed by atoms with Gasteiger partial charge in [0.1, 0.15) is 6.61 Å². The lowest BCUT2D eigenvalue weighted by molar-refractivity contribution is 0.0850. The highest BCUT2D eigenvalue weighted by atomic mass is 16.2. The molecule has 0 bridgehead atoms. The summed E-state index contributed by atoms with van der Waals surface area (Å²) in [5.41, 5.74) is 0.980. The van der Waals surface area contributed by atoms with E-state index in [1.54, 1.807) is 18.5 Å². The Morgan fingerprint density at radius 2 is 2.39 bits per heavy atom. The van der Waals surface area contributed by atoms with Gasteiger partial charge in [0, 0.05) is 17.9 Å². The number of aliphatic hydroxyl groups excluding tert-OH is 1. The van der Waals surface area contributed by atoms with Gasteiger partial charge in [-0.3, -0.25) is 9.78 Å². The van der Waals surface area contributed by atoms with E-state index in [1.165, 1.54) is 0 Å². The fraction of sp³-hybridized carbons (Fsp3) is 0.429. The first kappa shape index (κ1) is 12.6. The Bertz CT molecular complexity index is 510. The predicted octanol–water partition coefficient (Wildman–Crippen LogP) is 1.10. The van der Waals surface area contributed by atoms with Crippen LogP contribution in [0.2, 0.25) is 0 Å². The van der Waals surface area contributed by atoms with Crippen molar-refractivity contribution < 1.29 is 9.90 Å². The van der Waals surface area contributed by atoms with Crippen LogP contribution in [0.3, 0.4) is 0 Å². The summed E-state index contributed by atoms with van der Waals surface area (Å²) < 4.78 is 0. The van der Waals surface area contributed by atoms with E-state index in [4.69, 9.17) is 5.11 Å². The molecule has 0 spiro atoms. The zero-order valence-electron chi connectivity index (χ0n) is 10.4. The lowest BCUT2D eigenvalue weighted by Gasteiger charge is -2.39. The van der Waals surface area contributed by atoms with Gasteiger partial charge in [-0.2, -0.15) is 0 Å². The molecule has 1 saturated carbocycles. The van der Waals surface area contributed by atoms with Crippen LogP contribution in [0.4, 0.5) is 0 Å². The molecule has 4 heteroatoms. The predicted molar refractivity (Wildman–Crippen MR) is 67.9 cm³/mol. The molecule has 0 atom stereocenters. The maximum Gasteiger partial charge on any atom is 0.253 e. The molecule has 1 aromatic heterocycles. The van der Waals surface area contributed by atoms with Gasteiger partial charge in [-0.05, 0) is 32.3 Å². The van der Waals surface area contributed by atoms with Gasteiger partial charge in [-0.15, -0.1) is 0 Å². The largest absolute Gasteiger partial charge is 0.384 e. The third-order valence-corrected chi connectivity index (χ3v) is 3.24. The number of amides is 1. The summed E-state index contributed by atoms with van der Waals surface area (Å²) in [6, 6.07) is 1.65. The number of aliphatic hydroxyl groups is 1. The van der Waals surface area contributed by atoms with Gasteiger partial charge in [0.2, 0.25) is 0 Å². The second-order valence-electron chi connectivity index (χ2n) is 4.75. The molecule has 2 N–H and O–H groups in total. The molecule has 94 valence electrons. The second kappa shape index (κ2) is 5.19. The maximum atomic E-state index is 12.2. The molecule has 18 heavy (non-hydrogen) atoms. The lowest BCUT2D eigenvalue weighted by Crippen LogP contribution is -2.51. The second-order valence-corrected chi connectivity index (χ2v) is 4.75. The highest BCUT2D eigenvalue weighted by Gasteiger charge is 2.33. The smallest absolute Gasteiger partial charge is 0.253 e. The number of hydrogen-bond donors (Lipinski definition) is 2. The summed E-state index contributed by atoms with van der Waals surface area (Å²) in [6.45, 7) is 1.82. The zero-order chi connectivity index (χ0) is 13.0. The van der Waals surface area contributed by atoms with Crippen molar-refractivity contribution in [3.63, 3.8) is 0 Å². The van der Waals surface area contributed by atoms with E-state index in [0.29, 0.717) is 11.1 Å². The number of hydrogen-bond acceptors (Lipinski definition) is 3. The van der Waals surface area contributed by atoms with Crippen LogP contribution < -0.4 is 5.32 Å². The molecule has 0 aromatic carbocycles. The molecule has 1 amide bonds. The summed E-state index contributed by atoms with van der Waals surface area (Å²) in [4.78, 5) is 16.1. The molecular weight excluding hydrogens is 228 g/mol. The molecule has 2 rings (SSSR count). The van der Waals surface area contributed by atoms with Crippen molar-refractivity contribution in [3.8, 4) is 11.8 Å². The van der Waals surface area contributed by atoms with Crippen molar-refractivity contribution in [1.82, 2.24) is 10.3 Å². The molecule has 0 aliphatic heterocycles. The maximum absolute atomic E-state index is 12.2. The van der Waals surface area contributed by atoms with Crippen molar-refractivity contribution in [2.75, 3.05) is 6.61 Å². The van der Waals surface area contributed by atoms with Crippen LogP contribution in [-0.2, 0) is 0 Å². The van der Waals surface area contributed by atoms with Crippen LogP contribution in [0.15, 0.2) is 18.5 Å². The molecule has 0 radical (unpaired) electrons. The van der Waals surface area contributed by atoms with Crippen molar-refractivity contribution in [2.45, 2.75) is 31.7 Å². The summed E-state index contributed by atoms with van der Waals surface area (Å²) >= 11 is 0. The summed E-state index contributed by atoms with van der Waals surface area (Å²) in [5.74, 6) is 5.16. The van der Waals surface area contributed by atoms with Crippen LogP contribution >= 0.6 is 0 Å². The molecule has 1 aliphatic carbocycles. The van der Waals surface area contributed by atoms with Gasteiger partial charge in [-0.25, -0.2) is 0 Å². The Hall–Kier alpha value is -1.86. The van der Waals surface area contributed by atoms with Crippen LogP contribution in [0.5, 0.6) is 0 Å². The average Bonchev–Trinajstić information content (AvgIpc) is 2.34. The highest BCUT2D eigenvalue weighted by Crippen LogP contribution is 2.31. The van der Waals surface area contributed by atoms with E-state index in [2.05, 4.69) is 29.1 Å². The van der Waals surface area contributed by atoms with Crippen molar-refractivity contribution in [1.29, 1.82) is 0 Å². The minimum Gasteiger partial charge on any atom is -0.384 e. The van der Waals surface area contributed by atoms with E-state index in [-0.39, 0.29) is 18.1 Å². The van der Waals surface area contributed by atoms with Crippen LogP contribution in [0.25, 0.3) is 0 Å². The normalized spacial score (nSPS) is 16.1. The third kappa shape index (κ3) is 2.69. The number of nitrogens with one attached hydrogen (secondary N) is 1. The Morgan fingerprint density at radius 1 is 1.61 bits per heavy atom. The topological polar surface area (TPSA) is 62.2 Å². The highest BCUT2D eigenvalue weighted by molar-refractivity contribution is 5.97. The zero-order valence-corrected chi connectivity index (χ0v) is 10.4. The van der Waals surface area contributed by atoms with Gasteiger partial charge in [-0.1, -0.05) is 11.8 Å². The monoisotopic (exact) mass is 244 g/mol. The summed E-state index contributed by atoms with van der Waals surface area (Å²) in [5, 5.41) is 11.7. The van der Waals surface area contributed by atoms with E-state index >= 15 is 0 Å². The number of aromatic nitrogens is 1. The fourth-order valence-electron chi connectivity index (χ4n) is 2.00. The molecule has 4 nitrogen and oxygen atoms in total. The summed E-state index contributed by atoms with van der Waals surface area (Å²) in [6.07, 6.45) is 6.30. The SMILES string of the molecule is CC1(NC(=O)c2ccncc2C#CCO)CCC1. The quantitative estimate of drug-likeness (QED) is 0.766. The Kier molecular flexibility index (Phi) is 3.63. The first-order chi connectivity index (χ1) is 8.64. The van der Waals surface area contributed by atoms with Crippen LogP contribution in [-0.4, -0.2) is 28.1 Å². The van der Waals surface area contributed by atoms with Gasteiger partial charge >= 0.3 is 0 Å². The number of pyridine rings is 1. The van der Waals surface area contributed by atoms with E-state index < -0.39 is 0 Å². The van der Waals surface area contributed by atoms with E-state index in [0.717, 1.165) is 19.3 Å². The first-order valence-corrected chi connectivity index (χ1v) is 6.01. The molecule has 1 aromatic rings. The van der Waals surface area contributed by atoms with Gasteiger partial charge in [0.15, 0.2) is 0 Å². The Labute approximate surface area is 106 Å². The number of carbonyl (C=O) groups is 1.